The SMILES string of the molecule is c1ccc(N(c2ccccc2)c2cc3c4c(c2)N(c2ccccc2)c2cc5cc(c2B4c2cc4c6ccccc6n(-c6ccccc6)c4cc2N3c2ccccc2)C5)cc1. The Labute approximate surface area is 349 Å². The van der Waals surface area contributed by atoms with Crippen LogP contribution < -0.4 is 31.1 Å². The van der Waals surface area contributed by atoms with Gasteiger partial charge in [0.15, 0.2) is 0 Å². The third-order valence-electron chi connectivity index (χ3n) is 12.8. The summed E-state index contributed by atoms with van der Waals surface area (Å²) >= 11 is 0. The van der Waals surface area contributed by atoms with Crippen molar-refractivity contribution in [3.05, 3.63) is 223 Å². The minimum absolute atomic E-state index is 0.0171. The molecule has 1 aromatic heterocycles. The normalized spacial score (nSPS) is 13.2. The molecule has 9 aromatic carbocycles. The van der Waals surface area contributed by atoms with Gasteiger partial charge in [0, 0.05) is 62.0 Å². The zero-order valence-corrected chi connectivity index (χ0v) is 32.8. The summed E-state index contributed by atoms with van der Waals surface area (Å²) in [6.07, 6.45) is 1.00. The molecule has 0 fully saturated rings. The molecule has 3 heterocycles. The van der Waals surface area contributed by atoms with Gasteiger partial charge in [0.05, 0.1) is 16.7 Å². The number of aromatic nitrogens is 1. The lowest BCUT2D eigenvalue weighted by Gasteiger charge is -2.46. The van der Waals surface area contributed by atoms with Gasteiger partial charge in [-0.2, -0.15) is 0 Å². The molecule has 2 aliphatic carbocycles. The topological polar surface area (TPSA) is 14.7 Å². The number of hydrogen-bond acceptors (Lipinski definition) is 3. The van der Waals surface area contributed by atoms with Crippen molar-refractivity contribution in [3.8, 4) is 5.69 Å². The number of para-hydroxylation sites is 6. The van der Waals surface area contributed by atoms with Gasteiger partial charge in [-0.15, -0.1) is 0 Å². The molecule has 0 atom stereocenters. The molecule has 2 aliphatic heterocycles. The molecule has 14 rings (SSSR count). The highest BCUT2D eigenvalue weighted by Crippen LogP contribution is 2.50. The smallest absolute Gasteiger partial charge is 0.252 e. The monoisotopic (exact) mass is 764 g/mol. The summed E-state index contributed by atoms with van der Waals surface area (Å²) < 4.78 is 2.45. The number of hydrogen-bond donors (Lipinski definition) is 0. The first kappa shape index (κ1) is 33.2. The molecule has 0 amide bonds. The summed E-state index contributed by atoms with van der Waals surface area (Å²) in [6.45, 7) is 0.0171. The van der Waals surface area contributed by atoms with Crippen LogP contribution in [0.2, 0.25) is 0 Å². The number of benzene rings is 9. The van der Waals surface area contributed by atoms with E-state index in [4.69, 9.17) is 0 Å². The van der Waals surface area contributed by atoms with Gasteiger partial charge in [-0.05, 0) is 125 Å². The fourth-order valence-corrected chi connectivity index (χ4v) is 10.3. The second-order valence-corrected chi connectivity index (χ2v) is 16.2. The number of anilines is 9. The van der Waals surface area contributed by atoms with Gasteiger partial charge in [-0.3, -0.25) is 0 Å². The van der Waals surface area contributed by atoms with Gasteiger partial charge in [-0.1, -0.05) is 121 Å². The molecule has 5 heteroatoms. The Hall–Kier alpha value is -7.76. The van der Waals surface area contributed by atoms with Gasteiger partial charge in [-0.25, -0.2) is 0 Å². The highest BCUT2D eigenvalue weighted by molar-refractivity contribution is 7.00. The summed E-state index contributed by atoms with van der Waals surface area (Å²) in [5, 5.41) is 2.53. The Bertz CT molecular complexity index is 3250. The van der Waals surface area contributed by atoms with Crippen LogP contribution in [0.5, 0.6) is 0 Å². The summed E-state index contributed by atoms with van der Waals surface area (Å²) in [5.74, 6) is 0. The molecule has 0 saturated carbocycles. The van der Waals surface area contributed by atoms with Crippen molar-refractivity contribution in [2.45, 2.75) is 6.42 Å². The Morgan fingerprint density at radius 2 is 0.883 bits per heavy atom. The Morgan fingerprint density at radius 1 is 0.383 bits per heavy atom. The van der Waals surface area contributed by atoms with E-state index in [1.807, 2.05) is 0 Å². The van der Waals surface area contributed by atoms with E-state index >= 15 is 0 Å². The van der Waals surface area contributed by atoms with Crippen LogP contribution in [0.15, 0.2) is 212 Å². The summed E-state index contributed by atoms with van der Waals surface area (Å²) in [5.41, 5.74) is 20.9. The predicted octanol–water partition coefficient (Wildman–Crippen LogP) is 12.2. The Kier molecular flexibility index (Phi) is 7.13. The fraction of sp³-hybridized carbons (Fsp3) is 0.0182. The van der Waals surface area contributed by atoms with E-state index in [0.717, 1.165) is 40.5 Å². The van der Waals surface area contributed by atoms with E-state index < -0.39 is 0 Å². The minimum atomic E-state index is 0.0171. The van der Waals surface area contributed by atoms with Crippen molar-refractivity contribution in [2.24, 2.45) is 0 Å². The quantitative estimate of drug-likeness (QED) is 0.157. The molecule has 10 aromatic rings. The van der Waals surface area contributed by atoms with E-state index in [2.05, 4.69) is 232 Å². The van der Waals surface area contributed by atoms with Crippen molar-refractivity contribution in [3.63, 3.8) is 0 Å². The summed E-state index contributed by atoms with van der Waals surface area (Å²) in [4.78, 5) is 7.50. The first-order valence-electron chi connectivity index (χ1n) is 20.9. The van der Waals surface area contributed by atoms with Crippen LogP contribution in [0.3, 0.4) is 0 Å². The first-order valence-corrected chi connectivity index (χ1v) is 20.9. The average Bonchev–Trinajstić information content (AvgIpc) is 3.62. The van der Waals surface area contributed by atoms with Gasteiger partial charge < -0.3 is 19.3 Å². The molecule has 4 aliphatic rings. The summed E-state index contributed by atoms with van der Waals surface area (Å²) in [7, 11) is 0. The van der Waals surface area contributed by atoms with Crippen molar-refractivity contribution in [1.29, 1.82) is 0 Å². The van der Waals surface area contributed by atoms with Gasteiger partial charge in [0.25, 0.3) is 6.71 Å². The molecule has 0 N–H and O–H groups in total. The van der Waals surface area contributed by atoms with Crippen LogP contribution >= 0.6 is 0 Å². The molecule has 0 saturated heterocycles. The molecule has 0 unspecified atom stereocenters. The second kappa shape index (κ2) is 12.9. The number of rotatable bonds is 6. The number of fused-ring (bicyclic) bond motifs is 5. The van der Waals surface area contributed by atoms with E-state index in [9.17, 15) is 0 Å². The van der Waals surface area contributed by atoms with Crippen LogP contribution in [0.1, 0.15) is 11.1 Å². The van der Waals surface area contributed by atoms with E-state index in [1.54, 1.807) is 0 Å². The maximum Gasteiger partial charge on any atom is 0.252 e. The van der Waals surface area contributed by atoms with Gasteiger partial charge >= 0.3 is 0 Å². The zero-order chi connectivity index (χ0) is 39.3. The molecule has 2 bridgehead atoms. The maximum atomic E-state index is 2.54. The lowest BCUT2D eigenvalue weighted by Crippen LogP contribution is -2.63. The van der Waals surface area contributed by atoms with Crippen LogP contribution in [-0.2, 0) is 6.42 Å². The fourth-order valence-electron chi connectivity index (χ4n) is 10.3. The van der Waals surface area contributed by atoms with Crippen molar-refractivity contribution in [2.75, 3.05) is 14.7 Å². The largest absolute Gasteiger partial charge is 0.311 e. The number of nitrogens with zero attached hydrogens (tertiary/aromatic N) is 4. The standard InChI is InChI=1S/C55H37BN4/c1-6-18-39(19-7-1)57(40-20-8-2-9-21-40)44-33-52-55-53(34-44)60(43-26-14-5-15-27-43)51-32-37-30-38(31-37)54(51)56(55)47-35-46-45-28-16-17-29-48(45)58(41-22-10-3-11-23-41)49(46)36-50(47)59(52)42-24-12-4-13-25-42/h1-30,32-36H,31H2. The highest BCUT2D eigenvalue weighted by Gasteiger charge is 2.46. The summed E-state index contributed by atoms with van der Waals surface area (Å²) in [6, 6.07) is 78.1. The van der Waals surface area contributed by atoms with Crippen LogP contribution in [0.25, 0.3) is 27.5 Å². The van der Waals surface area contributed by atoms with E-state index in [-0.39, 0.29) is 6.71 Å². The zero-order valence-electron chi connectivity index (χ0n) is 32.8. The molecule has 0 spiro atoms. The molecular weight excluding hydrogens is 727 g/mol. The van der Waals surface area contributed by atoms with Crippen molar-refractivity contribution >= 4 is 96.1 Å². The molecule has 280 valence electrons. The maximum absolute atomic E-state index is 2.54. The Morgan fingerprint density at radius 3 is 1.48 bits per heavy atom. The van der Waals surface area contributed by atoms with Crippen LogP contribution in [0.4, 0.5) is 51.2 Å². The predicted molar refractivity (Wildman–Crippen MR) is 252 cm³/mol. The van der Waals surface area contributed by atoms with Gasteiger partial charge in [0.2, 0.25) is 0 Å². The third-order valence-corrected chi connectivity index (χ3v) is 12.8. The molecule has 0 radical (unpaired) electrons. The van der Waals surface area contributed by atoms with E-state index in [0.29, 0.717) is 0 Å². The second-order valence-electron chi connectivity index (χ2n) is 16.2. The molecule has 4 nitrogen and oxygen atoms in total. The third kappa shape index (κ3) is 4.80. The van der Waals surface area contributed by atoms with Crippen molar-refractivity contribution < 1.29 is 0 Å². The Balaban J connectivity index is 1.19. The van der Waals surface area contributed by atoms with Gasteiger partial charge in [0.1, 0.15) is 0 Å². The average molecular weight is 765 g/mol. The van der Waals surface area contributed by atoms with Crippen LogP contribution in [0, 0.1) is 0 Å². The molecular formula is C55H37BN4. The van der Waals surface area contributed by atoms with Crippen molar-refractivity contribution in [1.82, 2.24) is 4.57 Å². The lowest BCUT2D eigenvalue weighted by molar-refractivity contribution is 1.09. The van der Waals surface area contributed by atoms with E-state index in [1.165, 1.54) is 72.1 Å². The lowest BCUT2D eigenvalue weighted by atomic mass is 9.32. The highest BCUT2D eigenvalue weighted by atomic mass is 15.2. The minimum Gasteiger partial charge on any atom is -0.311 e. The molecule has 60 heavy (non-hydrogen) atoms. The first-order chi connectivity index (χ1) is 29.8. The van der Waals surface area contributed by atoms with Crippen LogP contribution in [-0.4, -0.2) is 11.3 Å².